The predicted molar refractivity (Wildman–Crippen MR) is 77.4 cm³/mol. The molecule has 1 aromatic carbocycles. The van der Waals surface area contributed by atoms with E-state index in [9.17, 15) is 14.7 Å². The summed E-state index contributed by atoms with van der Waals surface area (Å²) in [5.74, 6) is -0.873. The summed E-state index contributed by atoms with van der Waals surface area (Å²) in [7, 11) is 1.42. The SMILES string of the molecule is COc1ccc(C(=O)N[C@H](C)C(=O)OC(C)(C)C)cc1O. The number of carbonyl (C=O) groups is 2. The Bertz CT molecular complexity index is 533. The first-order valence-corrected chi connectivity index (χ1v) is 6.55. The summed E-state index contributed by atoms with van der Waals surface area (Å²) in [4.78, 5) is 23.8. The molecule has 0 saturated heterocycles. The van der Waals surface area contributed by atoms with Crippen LogP contribution in [0, 0.1) is 0 Å². The molecule has 1 rings (SSSR count). The maximum Gasteiger partial charge on any atom is 0.328 e. The van der Waals surface area contributed by atoms with Gasteiger partial charge in [-0.2, -0.15) is 0 Å². The fraction of sp³-hybridized carbons (Fsp3) is 0.467. The quantitative estimate of drug-likeness (QED) is 0.828. The van der Waals surface area contributed by atoms with Gasteiger partial charge in [-0.05, 0) is 45.9 Å². The van der Waals surface area contributed by atoms with Crippen LogP contribution in [0.5, 0.6) is 11.5 Å². The molecule has 0 radical (unpaired) electrons. The van der Waals surface area contributed by atoms with Gasteiger partial charge in [0.25, 0.3) is 5.91 Å². The first kappa shape index (κ1) is 16.8. The monoisotopic (exact) mass is 295 g/mol. The van der Waals surface area contributed by atoms with Crippen molar-refractivity contribution < 1.29 is 24.2 Å². The lowest BCUT2D eigenvalue weighted by Crippen LogP contribution is -2.42. The van der Waals surface area contributed by atoms with Gasteiger partial charge in [-0.1, -0.05) is 0 Å². The standard InChI is InChI=1S/C15H21NO5/c1-9(14(19)21-15(2,3)4)16-13(18)10-6-7-12(20-5)11(17)8-10/h6-9,17H,1-5H3,(H,16,18)/t9-/m1/s1. The van der Waals surface area contributed by atoms with Crippen LogP contribution in [-0.2, 0) is 9.53 Å². The molecule has 1 amide bonds. The van der Waals surface area contributed by atoms with Crippen molar-refractivity contribution in [1.29, 1.82) is 0 Å². The predicted octanol–water partition coefficient (Wildman–Crippen LogP) is 1.86. The van der Waals surface area contributed by atoms with Crippen molar-refractivity contribution in [2.75, 3.05) is 7.11 Å². The maximum atomic E-state index is 12.0. The minimum atomic E-state index is -0.791. The molecule has 21 heavy (non-hydrogen) atoms. The number of phenolic OH excluding ortho intramolecular Hbond substituents is 1. The van der Waals surface area contributed by atoms with Crippen molar-refractivity contribution >= 4 is 11.9 Å². The van der Waals surface area contributed by atoms with Crippen LogP contribution in [0.25, 0.3) is 0 Å². The van der Waals surface area contributed by atoms with Crippen LogP contribution in [0.3, 0.4) is 0 Å². The fourth-order valence-electron chi connectivity index (χ4n) is 1.56. The second-order valence-corrected chi connectivity index (χ2v) is 5.62. The lowest BCUT2D eigenvalue weighted by Gasteiger charge is -2.22. The summed E-state index contributed by atoms with van der Waals surface area (Å²) in [6.45, 7) is 6.79. The van der Waals surface area contributed by atoms with Gasteiger partial charge in [-0.15, -0.1) is 0 Å². The van der Waals surface area contributed by atoms with Gasteiger partial charge in [0.1, 0.15) is 11.6 Å². The number of phenols is 1. The Morgan fingerprint density at radius 3 is 2.38 bits per heavy atom. The average molecular weight is 295 g/mol. The summed E-state index contributed by atoms with van der Waals surface area (Å²) in [6, 6.07) is 3.45. The van der Waals surface area contributed by atoms with Crippen LogP contribution in [-0.4, -0.2) is 35.7 Å². The highest BCUT2D eigenvalue weighted by Gasteiger charge is 2.23. The van der Waals surface area contributed by atoms with Gasteiger partial charge in [0.05, 0.1) is 7.11 Å². The Labute approximate surface area is 124 Å². The Morgan fingerprint density at radius 2 is 1.90 bits per heavy atom. The molecule has 0 saturated carbocycles. The highest BCUT2D eigenvalue weighted by molar-refractivity contribution is 5.97. The average Bonchev–Trinajstić information content (AvgIpc) is 2.36. The lowest BCUT2D eigenvalue weighted by molar-refractivity contribution is -0.156. The van der Waals surface area contributed by atoms with Crippen LogP contribution in [0.15, 0.2) is 18.2 Å². The van der Waals surface area contributed by atoms with Crippen LogP contribution in [0.2, 0.25) is 0 Å². The topological polar surface area (TPSA) is 84.9 Å². The third-order valence-corrected chi connectivity index (χ3v) is 2.55. The van der Waals surface area contributed by atoms with Crippen molar-refractivity contribution in [2.24, 2.45) is 0 Å². The third-order valence-electron chi connectivity index (χ3n) is 2.55. The van der Waals surface area contributed by atoms with Gasteiger partial charge >= 0.3 is 5.97 Å². The number of methoxy groups -OCH3 is 1. The summed E-state index contributed by atoms with van der Waals surface area (Å²) in [5, 5.41) is 12.2. The van der Waals surface area contributed by atoms with Crippen LogP contribution >= 0.6 is 0 Å². The van der Waals surface area contributed by atoms with Crippen LogP contribution < -0.4 is 10.1 Å². The van der Waals surface area contributed by atoms with E-state index in [1.165, 1.54) is 32.2 Å². The smallest absolute Gasteiger partial charge is 0.328 e. The number of amides is 1. The number of benzene rings is 1. The van der Waals surface area contributed by atoms with Crippen molar-refractivity contribution in [1.82, 2.24) is 5.32 Å². The number of aromatic hydroxyl groups is 1. The number of hydrogen-bond acceptors (Lipinski definition) is 5. The van der Waals surface area contributed by atoms with E-state index in [0.29, 0.717) is 0 Å². The van der Waals surface area contributed by atoms with E-state index in [0.717, 1.165) is 0 Å². The maximum absolute atomic E-state index is 12.0. The van der Waals surface area contributed by atoms with E-state index in [2.05, 4.69) is 5.32 Å². The van der Waals surface area contributed by atoms with Crippen molar-refractivity contribution in [3.8, 4) is 11.5 Å². The van der Waals surface area contributed by atoms with E-state index in [-0.39, 0.29) is 17.1 Å². The zero-order valence-corrected chi connectivity index (χ0v) is 12.9. The van der Waals surface area contributed by atoms with Gasteiger partial charge in [-0.3, -0.25) is 4.79 Å². The zero-order chi connectivity index (χ0) is 16.2. The lowest BCUT2D eigenvalue weighted by atomic mass is 10.1. The Hall–Kier alpha value is -2.24. The highest BCUT2D eigenvalue weighted by Crippen LogP contribution is 2.26. The number of carbonyl (C=O) groups excluding carboxylic acids is 2. The minimum absolute atomic E-state index is 0.143. The van der Waals surface area contributed by atoms with Gasteiger partial charge in [-0.25, -0.2) is 4.79 Å². The Balaban J connectivity index is 2.72. The molecule has 0 aliphatic carbocycles. The molecular weight excluding hydrogens is 274 g/mol. The van der Waals surface area contributed by atoms with Crippen molar-refractivity contribution in [3.63, 3.8) is 0 Å². The zero-order valence-electron chi connectivity index (χ0n) is 12.9. The van der Waals surface area contributed by atoms with Gasteiger partial charge < -0.3 is 19.9 Å². The molecule has 1 atom stereocenters. The summed E-state index contributed by atoms with van der Waals surface area (Å²) in [5.41, 5.74) is -0.391. The van der Waals surface area contributed by atoms with E-state index in [1.54, 1.807) is 20.8 Å². The second kappa shape index (κ2) is 6.47. The molecule has 0 heterocycles. The fourth-order valence-corrected chi connectivity index (χ4v) is 1.56. The number of nitrogens with one attached hydrogen (secondary N) is 1. The highest BCUT2D eigenvalue weighted by atomic mass is 16.6. The molecule has 116 valence electrons. The molecule has 0 spiro atoms. The van der Waals surface area contributed by atoms with Gasteiger partial charge in [0.2, 0.25) is 0 Å². The normalized spacial score (nSPS) is 12.4. The molecule has 0 aromatic heterocycles. The number of esters is 1. The Morgan fingerprint density at radius 1 is 1.29 bits per heavy atom. The van der Waals surface area contributed by atoms with E-state index in [1.807, 2.05) is 0 Å². The molecule has 6 nitrogen and oxygen atoms in total. The Kier molecular flexibility index (Phi) is 5.18. The molecule has 0 aliphatic heterocycles. The summed E-state index contributed by atoms with van der Waals surface area (Å²) >= 11 is 0. The molecule has 0 bridgehead atoms. The summed E-state index contributed by atoms with van der Waals surface area (Å²) in [6.07, 6.45) is 0. The molecule has 1 aromatic rings. The van der Waals surface area contributed by atoms with Crippen molar-refractivity contribution in [2.45, 2.75) is 39.3 Å². The molecule has 0 aliphatic rings. The molecule has 0 fully saturated rings. The molecular formula is C15H21NO5. The van der Waals surface area contributed by atoms with E-state index >= 15 is 0 Å². The largest absolute Gasteiger partial charge is 0.504 e. The van der Waals surface area contributed by atoms with Crippen LogP contribution in [0.4, 0.5) is 0 Å². The molecule has 2 N–H and O–H groups in total. The van der Waals surface area contributed by atoms with Gasteiger partial charge in [0, 0.05) is 5.56 Å². The first-order valence-electron chi connectivity index (χ1n) is 6.55. The summed E-state index contributed by atoms with van der Waals surface area (Å²) < 4.78 is 10.1. The minimum Gasteiger partial charge on any atom is -0.504 e. The second-order valence-electron chi connectivity index (χ2n) is 5.62. The molecule has 6 heteroatoms. The van der Waals surface area contributed by atoms with Crippen molar-refractivity contribution in [3.05, 3.63) is 23.8 Å². The van der Waals surface area contributed by atoms with E-state index in [4.69, 9.17) is 9.47 Å². The van der Waals surface area contributed by atoms with Gasteiger partial charge in [0.15, 0.2) is 11.5 Å². The first-order chi connectivity index (χ1) is 9.64. The van der Waals surface area contributed by atoms with Crippen LogP contribution in [0.1, 0.15) is 38.1 Å². The van der Waals surface area contributed by atoms with E-state index < -0.39 is 23.5 Å². The number of ether oxygens (including phenoxy) is 2. The number of rotatable bonds is 4. The number of hydrogen-bond donors (Lipinski definition) is 2. The third kappa shape index (κ3) is 4.98. The molecule has 0 unspecified atom stereocenters.